The molecule has 5 rings (SSSR count). The van der Waals surface area contributed by atoms with Gasteiger partial charge >= 0.3 is 6.03 Å². The lowest BCUT2D eigenvalue weighted by molar-refractivity contribution is -0.384. The van der Waals surface area contributed by atoms with Crippen LogP contribution < -0.4 is 15.1 Å². The van der Waals surface area contributed by atoms with E-state index in [1.165, 1.54) is 12.1 Å². The van der Waals surface area contributed by atoms with Crippen molar-refractivity contribution in [2.45, 2.75) is 12.5 Å². The second-order valence-corrected chi connectivity index (χ2v) is 9.43. The lowest BCUT2D eigenvalue weighted by Gasteiger charge is -2.50. The standard InChI is InChI=1S/C25H19BrN4O5/c1-28-20-12-11-19(30(34)35)13-16(20)14-25(21(28)15-5-3-2-4-6-15)22(31)27-24(33)29(23(25)32)18-9-7-17(26)8-10-18/h2-13,21H,14H2,1H3,(H,27,31,33)/t21-,25+/m1/s1. The van der Waals surface area contributed by atoms with E-state index >= 15 is 0 Å². The maximum atomic E-state index is 14.2. The quantitative estimate of drug-likeness (QED) is 0.303. The van der Waals surface area contributed by atoms with Gasteiger partial charge in [-0.05, 0) is 41.5 Å². The predicted molar refractivity (Wildman–Crippen MR) is 132 cm³/mol. The summed E-state index contributed by atoms with van der Waals surface area (Å²) in [7, 11) is 1.74. The molecule has 1 fully saturated rings. The largest absolute Gasteiger partial charge is 0.366 e. The normalized spacial score (nSPS) is 21.7. The number of carbonyl (C=O) groups excluding carboxylic acids is 3. The van der Waals surface area contributed by atoms with Crippen molar-refractivity contribution in [1.82, 2.24) is 5.32 Å². The first-order valence-electron chi connectivity index (χ1n) is 10.7. The van der Waals surface area contributed by atoms with Crippen LogP contribution in [-0.2, 0) is 16.0 Å². The Bertz CT molecular complexity index is 1380. The van der Waals surface area contributed by atoms with Gasteiger partial charge in [-0.2, -0.15) is 0 Å². The number of nitrogens with one attached hydrogen (secondary N) is 1. The van der Waals surface area contributed by atoms with Gasteiger partial charge in [0.1, 0.15) is 0 Å². The number of halogens is 1. The number of rotatable bonds is 3. The molecule has 9 nitrogen and oxygen atoms in total. The lowest BCUT2D eigenvalue weighted by atomic mass is 9.66. The third kappa shape index (κ3) is 3.48. The fraction of sp³-hybridized carbons (Fsp3) is 0.160. The average Bonchev–Trinajstić information content (AvgIpc) is 2.84. The van der Waals surface area contributed by atoms with Gasteiger partial charge in [-0.15, -0.1) is 0 Å². The summed E-state index contributed by atoms with van der Waals surface area (Å²) >= 11 is 3.34. The van der Waals surface area contributed by atoms with Crippen molar-refractivity contribution in [3.05, 3.63) is 98.5 Å². The van der Waals surface area contributed by atoms with E-state index in [-0.39, 0.29) is 12.1 Å². The number of imide groups is 2. The summed E-state index contributed by atoms with van der Waals surface area (Å²) in [5.41, 5.74) is 0.258. The summed E-state index contributed by atoms with van der Waals surface area (Å²) in [6, 6.07) is 18.5. The number of carbonyl (C=O) groups is 3. The Balaban J connectivity index is 1.74. The van der Waals surface area contributed by atoms with Crippen LogP contribution >= 0.6 is 15.9 Å². The number of amides is 4. The first-order valence-corrected chi connectivity index (χ1v) is 11.5. The summed E-state index contributed by atoms with van der Waals surface area (Å²) < 4.78 is 0.762. The Labute approximate surface area is 208 Å². The van der Waals surface area contributed by atoms with Crippen molar-refractivity contribution in [3.8, 4) is 0 Å². The summed E-state index contributed by atoms with van der Waals surface area (Å²) in [4.78, 5) is 54.5. The summed E-state index contributed by atoms with van der Waals surface area (Å²) in [6.45, 7) is 0. The van der Waals surface area contributed by atoms with Crippen molar-refractivity contribution >= 4 is 50.8 Å². The fourth-order valence-corrected chi connectivity index (χ4v) is 5.32. The number of non-ortho nitro benzene ring substituents is 1. The van der Waals surface area contributed by atoms with Gasteiger partial charge in [0.2, 0.25) is 5.91 Å². The Kier molecular flexibility index (Phi) is 5.40. The predicted octanol–water partition coefficient (Wildman–Crippen LogP) is 4.36. The van der Waals surface area contributed by atoms with E-state index < -0.39 is 34.2 Å². The van der Waals surface area contributed by atoms with E-state index in [1.54, 1.807) is 42.3 Å². The van der Waals surface area contributed by atoms with Gasteiger partial charge in [-0.1, -0.05) is 46.3 Å². The lowest BCUT2D eigenvalue weighted by Crippen LogP contribution is -2.69. The maximum Gasteiger partial charge on any atom is 0.335 e. The van der Waals surface area contributed by atoms with Gasteiger partial charge < -0.3 is 4.90 Å². The number of hydrogen-bond donors (Lipinski definition) is 1. The number of hydrogen-bond acceptors (Lipinski definition) is 6. The van der Waals surface area contributed by atoms with Crippen molar-refractivity contribution < 1.29 is 19.3 Å². The van der Waals surface area contributed by atoms with Crippen LogP contribution in [0.2, 0.25) is 0 Å². The fourth-order valence-electron chi connectivity index (χ4n) is 5.06. The minimum atomic E-state index is -1.75. The summed E-state index contributed by atoms with van der Waals surface area (Å²) in [6.07, 6.45) is -0.112. The van der Waals surface area contributed by atoms with Crippen LogP contribution in [0.5, 0.6) is 0 Å². The topological polar surface area (TPSA) is 113 Å². The highest BCUT2D eigenvalue weighted by Gasteiger charge is 2.62. The van der Waals surface area contributed by atoms with Crippen molar-refractivity contribution in [2.75, 3.05) is 16.8 Å². The molecule has 0 radical (unpaired) electrons. The molecule has 176 valence electrons. The molecule has 0 unspecified atom stereocenters. The second-order valence-electron chi connectivity index (χ2n) is 8.52. The number of nitro benzene ring substituents is 1. The Morgan fingerprint density at radius 1 is 1.03 bits per heavy atom. The first kappa shape index (κ1) is 22.7. The minimum absolute atomic E-state index is 0.112. The van der Waals surface area contributed by atoms with Crippen LogP contribution in [-0.4, -0.2) is 29.8 Å². The number of benzene rings is 3. The molecular formula is C25H19BrN4O5. The van der Waals surface area contributed by atoms with E-state index in [2.05, 4.69) is 21.2 Å². The number of nitro groups is 1. The molecule has 2 heterocycles. The molecule has 2 atom stereocenters. The highest BCUT2D eigenvalue weighted by Crippen LogP contribution is 2.52. The summed E-state index contributed by atoms with van der Waals surface area (Å²) in [5.74, 6) is -1.43. The van der Waals surface area contributed by atoms with E-state index in [9.17, 15) is 24.5 Å². The third-order valence-corrected chi connectivity index (χ3v) is 7.12. The SMILES string of the molecule is CN1c2ccc([N+](=O)[O-])cc2C[C@@]2(C(=O)NC(=O)N(c3ccc(Br)cc3)C2=O)[C@H]1c1ccccc1. The number of anilines is 2. The molecular weight excluding hydrogens is 516 g/mol. The van der Waals surface area contributed by atoms with Gasteiger partial charge in [0.25, 0.3) is 11.6 Å². The van der Waals surface area contributed by atoms with Crippen molar-refractivity contribution in [3.63, 3.8) is 0 Å². The average molecular weight is 535 g/mol. The van der Waals surface area contributed by atoms with Crippen molar-refractivity contribution in [1.29, 1.82) is 0 Å². The molecule has 0 aliphatic carbocycles. The number of nitrogens with zero attached hydrogens (tertiary/aromatic N) is 3. The minimum Gasteiger partial charge on any atom is -0.366 e. The van der Waals surface area contributed by atoms with Crippen LogP contribution in [0.1, 0.15) is 17.2 Å². The zero-order chi connectivity index (χ0) is 24.9. The molecule has 2 aliphatic heterocycles. The molecule has 35 heavy (non-hydrogen) atoms. The van der Waals surface area contributed by atoms with Crippen LogP contribution in [0.4, 0.5) is 21.9 Å². The molecule has 3 aromatic rings. The smallest absolute Gasteiger partial charge is 0.335 e. The number of fused-ring (bicyclic) bond motifs is 1. The van der Waals surface area contributed by atoms with E-state index in [4.69, 9.17) is 0 Å². The van der Waals surface area contributed by atoms with Gasteiger partial charge in [-0.3, -0.25) is 25.0 Å². The Morgan fingerprint density at radius 2 is 1.71 bits per heavy atom. The molecule has 0 saturated carbocycles. The second kappa shape index (κ2) is 8.31. The van der Waals surface area contributed by atoms with E-state index in [0.717, 1.165) is 9.37 Å². The molecule has 2 aliphatic rings. The molecule has 1 N–H and O–H groups in total. The number of urea groups is 1. The van der Waals surface area contributed by atoms with Crippen LogP contribution in [0.25, 0.3) is 0 Å². The first-order chi connectivity index (χ1) is 16.7. The Morgan fingerprint density at radius 3 is 2.37 bits per heavy atom. The van der Waals surface area contributed by atoms with Gasteiger partial charge in [-0.25, -0.2) is 9.69 Å². The van der Waals surface area contributed by atoms with Crippen LogP contribution in [0.3, 0.4) is 0 Å². The third-order valence-electron chi connectivity index (χ3n) is 6.59. The molecule has 1 saturated heterocycles. The maximum absolute atomic E-state index is 14.2. The highest BCUT2D eigenvalue weighted by atomic mass is 79.9. The molecule has 4 amide bonds. The van der Waals surface area contributed by atoms with Crippen LogP contribution in [0, 0.1) is 15.5 Å². The highest BCUT2D eigenvalue weighted by molar-refractivity contribution is 9.10. The van der Waals surface area contributed by atoms with Gasteiger partial charge in [0, 0.05) is 35.8 Å². The monoisotopic (exact) mass is 534 g/mol. The van der Waals surface area contributed by atoms with E-state index in [0.29, 0.717) is 22.5 Å². The molecule has 0 aromatic heterocycles. The molecule has 1 spiro atoms. The van der Waals surface area contributed by atoms with Crippen LogP contribution in [0.15, 0.2) is 77.3 Å². The van der Waals surface area contributed by atoms with Gasteiger partial charge in [0.05, 0.1) is 16.7 Å². The molecule has 3 aromatic carbocycles. The molecule has 10 heteroatoms. The molecule has 0 bridgehead atoms. The zero-order valence-corrected chi connectivity index (χ0v) is 20.1. The number of barbiturate groups is 1. The summed E-state index contributed by atoms with van der Waals surface area (Å²) in [5, 5.41) is 13.8. The van der Waals surface area contributed by atoms with Gasteiger partial charge in [0.15, 0.2) is 5.41 Å². The zero-order valence-electron chi connectivity index (χ0n) is 18.5. The Hall–Kier alpha value is -4.05. The van der Waals surface area contributed by atoms with E-state index in [1.807, 2.05) is 30.3 Å². The van der Waals surface area contributed by atoms with Crippen molar-refractivity contribution in [2.24, 2.45) is 5.41 Å².